The number of benzene rings is 1. The molecular formula is C11H16FNO. The molecule has 3 heteroatoms. The van der Waals surface area contributed by atoms with Crippen LogP contribution in [0.2, 0.25) is 0 Å². The van der Waals surface area contributed by atoms with Crippen LogP contribution in [0.1, 0.15) is 19.4 Å². The zero-order valence-electron chi connectivity index (χ0n) is 8.59. The highest BCUT2D eigenvalue weighted by molar-refractivity contribution is 5.15. The van der Waals surface area contributed by atoms with Crippen LogP contribution >= 0.6 is 0 Å². The van der Waals surface area contributed by atoms with Crippen LogP contribution in [0.3, 0.4) is 0 Å². The second kappa shape index (κ2) is 4.53. The van der Waals surface area contributed by atoms with E-state index in [-0.39, 0.29) is 11.4 Å². The molecule has 0 aliphatic heterocycles. The lowest BCUT2D eigenvalue weighted by Crippen LogP contribution is -2.33. The fourth-order valence-electron chi connectivity index (χ4n) is 0.918. The summed E-state index contributed by atoms with van der Waals surface area (Å²) in [6.07, 6.45) is 0. The Morgan fingerprint density at radius 1 is 1.29 bits per heavy atom. The molecule has 14 heavy (non-hydrogen) atoms. The predicted molar refractivity (Wildman–Crippen MR) is 54.3 cm³/mol. The van der Waals surface area contributed by atoms with Crippen molar-refractivity contribution < 1.29 is 9.13 Å². The van der Waals surface area contributed by atoms with Crippen LogP contribution in [0.5, 0.6) is 0 Å². The molecule has 0 aliphatic rings. The van der Waals surface area contributed by atoms with Gasteiger partial charge in [0.15, 0.2) is 0 Å². The zero-order chi connectivity index (χ0) is 10.6. The third-order valence-electron chi connectivity index (χ3n) is 2.03. The van der Waals surface area contributed by atoms with Gasteiger partial charge in [-0.15, -0.1) is 0 Å². The van der Waals surface area contributed by atoms with Gasteiger partial charge in [-0.3, -0.25) is 0 Å². The topological polar surface area (TPSA) is 35.2 Å². The first kappa shape index (κ1) is 11.1. The smallest absolute Gasteiger partial charge is 0.123 e. The normalized spacial score (nSPS) is 11.7. The maximum atomic E-state index is 12.6. The molecule has 0 radical (unpaired) electrons. The SMILES string of the molecule is CC(C)(CN)OCc1ccc(F)cc1. The number of rotatable bonds is 4. The molecule has 78 valence electrons. The van der Waals surface area contributed by atoms with E-state index in [1.807, 2.05) is 13.8 Å². The second-order valence-corrected chi connectivity index (χ2v) is 3.88. The fraction of sp³-hybridized carbons (Fsp3) is 0.455. The van der Waals surface area contributed by atoms with Gasteiger partial charge >= 0.3 is 0 Å². The van der Waals surface area contributed by atoms with Crippen molar-refractivity contribution in [2.24, 2.45) is 5.73 Å². The minimum Gasteiger partial charge on any atom is -0.370 e. The lowest BCUT2D eigenvalue weighted by atomic mass is 10.1. The highest BCUT2D eigenvalue weighted by atomic mass is 19.1. The van der Waals surface area contributed by atoms with Crippen molar-refractivity contribution in [3.63, 3.8) is 0 Å². The molecule has 0 amide bonds. The van der Waals surface area contributed by atoms with Crippen LogP contribution in [0, 0.1) is 5.82 Å². The summed E-state index contributed by atoms with van der Waals surface area (Å²) in [5, 5.41) is 0. The number of ether oxygens (including phenoxy) is 1. The van der Waals surface area contributed by atoms with Gasteiger partial charge in [-0.1, -0.05) is 12.1 Å². The quantitative estimate of drug-likeness (QED) is 0.802. The average Bonchev–Trinajstić information content (AvgIpc) is 2.17. The lowest BCUT2D eigenvalue weighted by Gasteiger charge is -2.23. The van der Waals surface area contributed by atoms with E-state index in [1.165, 1.54) is 12.1 Å². The summed E-state index contributed by atoms with van der Waals surface area (Å²) in [5.41, 5.74) is 6.14. The summed E-state index contributed by atoms with van der Waals surface area (Å²) in [7, 11) is 0. The third kappa shape index (κ3) is 3.44. The Labute approximate surface area is 83.9 Å². The maximum Gasteiger partial charge on any atom is 0.123 e. The van der Waals surface area contributed by atoms with E-state index in [1.54, 1.807) is 12.1 Å². The van der Waals surface area contributed by atoms with E-state index in [4.69, 9.17) is 10.5 Å². The fourth-order valence-corrected chi connectivity index (χ4v) is 0.918. The maximum absolute atomic E-state index is 12.6. The van der Waals surface area contributed by atoms with E-state index in [0.717, 1.165) is 5.56 Å². The predicted octanol–water partition coefficient (Wildman–Crippen LogP) is 2.08. The summed E-state index contributed by atoms with van der Waals surface area (Å²) in [6, 6.07) is 6.27. The molecule has 1 aromatic rings. The van der Waals surface area contributed by atoms with Crippen molar-refractivity contribution in [1.29, 1.82) is 0 Å². The first-order chi connectivity index (χ1) is 6.53. The van der Waals surface area contributed by atoms with Crippen molar-refractivity contribution in [1.82, 2.24) is 0 Å². The van der Waals surface area contributed by atoms with Crippen molar-refractivity contribution in [3.8, 4) is 0 Å². The molecule has 0 saturated carbocycles. The van der Waals surface area contributed by atoms with E-state index < -0.39 is 0 Å². The molecule has 0 aromatic heterocycles. The van der Waals surface area contributed by atoms with E-state index in [0.29, 0.717) is 13.2 Å². The minimum atomic E-state index is -0.325. The summed E-state index contributed by atoms with van der Waals surface area (Å²) in [6.45, 7) is 4.78. The molecule has 0 fully saturated rings. The van der Waals surface area contributed by atoms with Crippen molar-refractivity contribution in [2.45, 2.75) is 26.1 Å². The molecule has 0 spiro atoms. The molecule has 0 heterocycles. The van der Waals surface area contributed by atoms with Gasteiger partial charge < -0.3 is 10.5 Å². The molecule has 0 atom stereocenters. The molecule has 0 saturated heterocycles. The molecule has 2 nitrogen and oxygen atoms in total. The summed E-state index contributed by atoms with van der Waals surface area (Å²) in [4.78, 5) is 0. The Balaban J connectivity index is 2.50. The minimum absolute atomic E-state index is 0.230. The standard InChI is InChI=1S/C11H16FNO/c1-11(2,8-13)14-7-9-3-5-10(12)6-4-9/h3-6H,7-8,13H2,1-2H3. The van der Waals surface area contributed by atoms with Gasteiger partial charge in [0.25, 0.3) is 0 Å². The lowest BCUT2D eigenvalue weighted by molar-refractivity contribution is -0.0222. The van der Waals surface area contributed by atoms with Crippen LogP contribution in [-0.2, 0) is 11.3 Å². The monoisotopic (exact) mass is 197 g/mol. The Morgan fingerprint density at radius 2 is 1.86 bits per heavy atom. The second-order valence-electron chi connectivity index (χ2n) is 3.88. The van der Waals surface area contributed by atoms with E-state index in [9.17, 15) is 4.39 Å². The average molecular weight is 197 g/mol. The van der Waals surface area contributed by atoms with Gasteiger partial charge in [0.2, 0.25) is 0 Å². The number of nitrogens with two attached hydrogens (primary N) is 1. The van der Waals surface area contributed by atoms with Crippen LogP contribution in [0.4, 0.5) is 4.39 Å². The van der Waals surface area contributed by atoms with E-state index >= 15 is 0 Å². The first-order valence-corrected chi connectivity index (χ1v) is 4.62. The van der Waals surface area contributed by atoms with Crippen molar-refractivity contribution in [2.75, 3.05) is 6.54 Å². The summed E-state index contributed by atoms with van der Waals surface area (Å²) < 4.78 is 18.1. The van der Waals surface area contributed by atoms with Gasteiger partial charge in [-0.25, -0.2) is 4.39 Å². The molecular weight excluding hydrogens is 181 g/mol. The van der Waals surface area contributed by atoms with Gasteiger partial charge in [-0.05, 0) is 31.5 Å². The number of halogens is 1. The molecule has 0 bridgehead atoms. The van der Waals surface area contributed by atoms with Gasteiger partial charge in [-0.2, -0.15) is 0 Å². The number of hydrogen-bond acceptors (Lipinski definition) is 2. The highest BCUT2D eigenvalue weighted by Crippen LogP contribution is 2.11. The highest BCUT2D eigenvalue weighted by Gasteiger charge is 2.15. The third-order valence-corrected chi connectivity index (χ3v) is 2.03. The largest absolute Gasteiger partial charge is 0.370 e. The summed E-state index contributed by atoms with van der Waals surface area (Å²) in [5.74, 6) is -0.230. The zero-order valence-corrected chi connectivity index (χ0v) is 8.59. The molecule has 1 aromatic carbocycles. The van der Waals surface area contributed by atoms with Crippen molar-refractivity contribution in [3.05, 3.63) is 35.6 Å². The molecule has 0 unspecified atom stereocenters. The van der Waals surface area contributed by atoms with Crippen LogP contribution < -0.4 is 5.73 Å². The molecule has 0 aliphatic carbocycles. The Morgan fingerprint density at radius 3 is 2.36 bits per heavy atom. The Bertz CT molecular complexity index is 282. The van der Waals surface area contributed by atoms with E-state index in [2.05, 4.69) is 0 Å². The van der Waals surface area contributed by atoms with Crippen LogP contribution in [-0.4, -0.2) is 12.1 Å². The van der Waals surface area contributed by atoms with Crippen molar-refractivity contribution >= 4 is 0 Å². The molecule has 1 rings (SSSR count). The summed E-state index contributed by atoms with van der Waals surface area (Å²) >= 11 is 0. The molecule has 2 N–H and O–H groups in total. The Kier molecular flexibility index (Phi) is 3.61. The van der Waals surface area contributed by atoms with Gasteiger partial charge in [0.05, 0.1) is 12.2 Å². The number of hydrogen-bond donors (Lipinski definition) is 1. The van der Waals surface area contributed by atoms with Crippen LogP contribution in [0.15, 0.2) is 24.3 Å². The van der Waals surface area contributed by atoms with Gasteiger partial charge in [0.1, 0.15) is 5.82 Å². The van der Waals surface area contributed by atoms with Gasteiger partial charge in [0, 0.05) is 6.54 Å². The first-order valence-electron chi connectivity index (χ1n) is 4.62. The van der Waals surface area contributed by atoms with Crippen LogP contribution in [0.25, 0.3) is 0 Å². The Hall–Kier alpha value is -0.930.